The number of rotatable bonds is 7. The third-order valence-corrected chi connectivity index (χ3v) is 6.98. The second kappa shape index (κ2) is 9.49. The molecule has 1 fully saturated rings. The number of carbonyl (C=O) groups is 1. The van der Waals surface area contributed by atoms with Crippen LogP contribution in [0.2, 0.25) is 5.02 Å². The molecule has 6 nitrogen and oxygen atoms in total. The van der Waals surface area contributed by atoms with Crippen molar-refractivity contribution in [1.82, 2.24) is 9.29 Å². The number of carbonyl (C=O) groups excluding carboxylic acids is 1. The third-order valence-electron chi connectivity index (χ3n) is 4.82. The third kappa shape index (κ3) is 5.31. The standard InChI is InChI=1S/C20H23ClN2O4S/c21-18-5-7-19(8-6-18)28(25,26)23-12-9-17(10-13-23)20(24)27-14-2-4-16-3-1-11-22-15-16/h1,3,5-8,11,15,17H,2,4,9-10,12-14H2. The molecule has 1 aromatic heterocycles. The predicted molar refractivity (Wildman–Crippen MR) is 106 cm³/mol. The van der Waals surface area contributed by atoms with Gasteiger partial charge in [-0.15, -0.1) is 0 Å². The van der Waals surface area contributed by atoms with E-state index in [0.29, 0.717) is 37.6 Å². The van der Waals surface area contributed by atoms with Crippen molar-refractivity contribution in [1.29, 1.82) is 0 Å². The zero-order chi connectivity index (χ0) is 20.0. The molecule has 0 atom stereocenters. The molecule has 28 heavy (non-hydrogen) atoms. The van der Waals surface area contributed by atoms with Gasteiger partial charge in [0, 0.05) is 30.5 Å². The molecule has 1 saturated heterocycles. The largest absolute Gasteiger partial charge is 0.465 e. The second-order valence-electron chi connectivity index (χ2n) is 6.76. The zero-order valence-electron chi connectivity index (χ0n) is 15.5. The molecule has 0 radical (unpaired) electrons. The van der Waals surface area contributed by atoms with Crippen LogP contribution in [0.1, 0.15) is 24.8 Å². The first-order valence-electron chi connectivity index (χ1n) is 9.28. The van der Waals surface area contributed by atoms with E-state index < -0.39 is 10.0 Å². The van der Waals surface area contributed by atoms with Crippen LogP contribution in [0.3, 0.4) is 0 Å². The minimum Gasteiger partial charge on any atom is -0.465 e. The van der Waals surface area contributed by atoms with E-state index in [1.807, 2.05) is 12.1 Å². The average molecular weight is 423 g/mol. The summed E-state index contributed by atoms with van der Waals surface area (Å²) in [7, 11) is -3.56. The van der Waals surface area contributed by atoms with Gasteiger partial charge in [-0.05, 0) is 61.6 Å². The maximum absolute atomic E-state index is 12.7. The Balaban J connectivity index is 1.44. The van der Waals surface area contributed by atoms with Crippen molar-refractivity contribution in [2.75, 3.05) is 19.7 Å². The number of esters is 1. The van der Waals surface area contributed by atoms with Crippen molar-refractivity contribution >= 4 is 27.6 Å². The average Bonchev–Trinajstić information content (AvgIpc) is 2.72. The van der Waals surface area contributed by atoms with Crippen molar-refractivity contribution in [3.63, 3.8) is 0 Å². The molecule has 2 aromatic rings. The van der Waals surface area contributed by atoms with Gasteiger partial charge in [-0.1, -0.05) is 17.7 Å². The van der Waals surface area contributed by atoms with Crippen LogP contribution >= 0.6 is 11.6 Å². The second-order valence-corrected chi connectivity index (χ2v) is 9.14. The van der Waals surface area contributed by atoms with Crippen LogP contribution in [0.15, 0.2) is 53.7 Å². The fourth-order valence-corrected chi connectivity index (χ4v) is 4.80. The van der Waals surface area contributed by atoms with Crippen LogP contribution in [0.25, 0.3) is 0 Å². The summed E-state index contributed by atoms with van der Waals surface area (Å²) in [6.07, 6.45) is 6.00. The number of hydrogen-bond donors (Lipinski definition) is 0. The molecule has 0 bridgehead atoms. The molecular weight excluding hydrogens is 400 g/mol. The summed E-state index contributed by atoms with van der Waals surface area (Å²) in [4.78, 5) is 16.5. The SMILES string of the molecule is O=C(OCCCc1cccnc1)C1CCN(S(=O)(=O)c2ccc(Cl)cc2)CC1. The molecule has 150 valence electrons. The first kappa shape index (κ1) is 20.8. The van der Waals surface area contributed by atoms with E-state index >= 15 is 0 Å². The number of ether oxygens (including phenoxy) is 1. The molecule has 0 amide bonds. The number of hydrogen-bond acceptors (Lipinski definition) is 5. The van der Waals surface area contributed by atoms with Crippen LogP contribution in [0, 0.1) is 5.92 Å². The quantitative estimate of drug-likeness (QED) is 0.505. The zero-order valence-corrected chi connectivity index (χ0v) is 17.0. The summed E-state index contributed by atoms with van der Waals surface area (Å²) in [6, 6.07) is 9.99. The van der Waals surface area contributed by atoms with Crippen molar-refractivity contribution in [2.45, 2.75) is 30.6 Å². The number of sulfonamides is 1. The summed E-state index contributed by atoms with van der Waals surface area (Å²) < 4.78 is 32.2. The molecule has 1 aliphatic rings. The Labute approximate surface area is 170 Å². The van der Waals surface area contributed by atoms with Gasteiger partial charge in [-0.3, -0.25) is 9.78 Å². The van der Waals surface area contributed by atoms with Crippen LogP contribution in [-0.2, 0) is 26.0 Å². The molecule has 3 rings (SSSR count). The lowest BCUT2D eigenvalue weighted by Gasteiger charge is -2.30. The summed E-state index contributed by atoms with van der Waals surface area (Å²) in [6.45, 7) is 0.970. The van der Waals surface area contributed by atoms with Crippen LogP contribution in [-0.4, -0.2) is 43.4 Å². The van der Waals surface area contributed by atoms with Crippen molar-refractivity contribution in [3.05, 3.63) is 59.4 Å². The molecule has 2 heterocycles. The van der Waals surface area contributed by atoms with Gasteiger partial charge in [0.2, 0.25) is 10.0 Å². The lowest BCUT2D eigenvalue weighted by molar-refractivity contribution is -0.149. The number of benzene rings is 1. The Hall–Kier alpha value is -1.96. The summed E-state index contributed by atoms with van der Waals surface area (Å²) in [5.74, 6) is -0.496. The van der Waals surface area contributed by atoms with E-state index in [0.717, 1.165) is 18.4 Å². The van der Waals surface area contributed by atoms with Crippen LogP contribution < -0.4 is 0 Å². The monoisotopic (exact) mass is 422 g/mol. The summed E-state index contributed by atoms with van der Waals surface area (Å²) >= 11 is 5.83. The van der Waals surface area contributed by atoms with Crippen molar-refractivity contribution in [3.8, 4) is 0 Å². The topological polar surface area (TPSA) is 76.6 Å². The van der Waals surface area contributed by atoms with Gasteiger partial charge in [-0.2, -0.15) is 4.31 Å². The number of piperidine rings is 1. The molecular formula is C20H23ClN2O4S. The Bertz CT molecular complexity index is 880. The highest BCUT2D eigenvalue weighted by atomic mass is 35.5. The van der Waals surface area contributed by atoms with E-state index in [9.17, 15) is 13.2 Å². The number of nitrogens with zero attached hydrogens (tertiary/aromatic N) is 2. The molecule has 0 unspecified atom stereocenters. The van der Waals surface area contributed by atoms with Gasteiger partial charge >= 0.3 is 5.97 Å². The Kier molecular flexibility index (Phi) is 7.04. The molecule has 0 N–H and O–H groups in total. The van der Waals surface area contributed by atoms with Gasteiger partial charge in [0.15, 0.2) is 0 Å². The smallest absolute Gasteiger partial charge is 0.309 e. The molecule has 1 aromatic carbocycles. The van der Waals surface area contributed by atoms with Gasteiger partial charge < -0.3 is 4.74 Å². The number of halogens is 1. The Morgan fingerprint density at radius 3 is 2.54 bits per heavy atom. The molecule has 8 heteroatoms. The normalized spacial score (nSPS) is 16.0. The maximum atomic E-state index is 12.7. The first-order chi connectivity index (χ1) is 13.5. The van der Waals surface area contributed by atoms with Gasteiger partial charge in [0.25, 0.3) is 0 Å². The van der Waals surface area contributed by atoms with Gasteiger partial charge in [0.1, 0.15) is 0 Å². The lowest BCUT2D eigenvalue weighted by Crippen LogP contribution is -2.40. The van der Waals surface area contributed by atoms with E-state index in [2.05, 4.69) is 4.98 Å². The number of aromatic nitrogens is 1. The van der Waals surface area contributed by atoms with E-state index in [4.69, 9.17) is 16.3 Å². The molecule has 1 aliphatic heterocycles. The van der Waals surface area contributed by atoms with Crippen molar-refractivity contribution < 1.29 is 17.9 Å². The van der Waals surface area contributed by atoms with Crippen molar-refractivity contribution in [2.24, 2.45) is 5.92 Å². The molecule has 0 spiro atoms. The highest BCUT2D eigenvalue weighted by molar-refractivity contribution is 7.89. The highest BCUT2D eigenvalue weighted by Crippen LogP contribution is 2.25. The minimum absolute atomic E-state index is 0.216. The van der Waals surface area contributed by atoms with E-state index in [-0.39, 0.29) is 16.8 Å². The van der Waals surface area contributed by atoms with Gasteiger partial charge in [-0.25, -0.2) is 8.42 Å². The van der Waals surface area contributed by atoms with Crippen LogP contribution in [0.4, 0.5) is 0 Å². The molecule has 0 aliphatic carbocycles. The Morgan fingerprint density at radius 1 is 1.18 bits per heavy atom. The van der Waals surface area contributed by atoms with E-state index in [1.54, 1.807) is 24.5 Å². The number of aryl methyl sites for hydroxylation is 1. The fraction of sp³-hybridized carbons (Fsp3) is 0.400. The number of pyridine rings is 1. The summed E-state index contributed by atoms with van der Waals surface area (Å²) in [5, 5.41) is 0.490. The molecule has 0 saturated carbocycles. The van der Waals surface area contributed by atoms with Gasteiger partial charge in [0.05, 0.1) is 17.4 Å². The predicted octanol–water partition coefficient (Wildman–Crippen LogP) is 3.31. The maximum Gasteiger partial charge on any atom is 0.309 e. The fourth-order valence-electron chi connectivity index (χ4n) is 3.20. The Morgan fingerprint density at radius 2 is 1.89 bits per heavy atom. The summed E-state index contributed by atoms with van der Waals surface area (Å²) in [5.41, 5.74) is 1.11. The van der Waals surface area contributed by atoms with E-state index in [1.165, 1.54) is 16.4 Å². The lowest BCUT2D eigenvalue weighted by atomic mass is 9.98. The minimum atomic E-state index is -3.56. The highest BCUT2D eigenvalue weighted by Gasteiger charge is 2.32. The first-order valence-corrected chi connectivity index (χ1v) is 11.1. The van der Waals surface area contributed by atoms with Crippen LogP contribution in [0.5, 0.6) is 0 Å².